The lowest BCUT2D eigenvalue weighted by atomic mass is 9.86. The molecule has 0 aliphatic carbocycles. The van der Waals surface area contributed by atoms with Gasteiger partial charge < -0.3 is 14.8 Å². The molecule has 0 aromatic heterocycles. The lowest BCUT2D eigenvalue weighted by Gasteiger charge is -2.44. The van der Waals surface area contributed by atoms with Crippen molar-refractivity contribution in [3.8, 4) is 0 Å². The number of carbonyl (C=O) groups is 4. The average molecular weight is 588 g/mol. The molecule has 4 saturated heterocycles. The molecule has 1 unspecified atom stereocenters. The number of hydrogen-bond acceptors (Lipinski definition) is 10. The van der Waals surface area contributed by atoms with Crippen LogP contribution in [-0.2, 0) is 33.9 Å². The minimum absolute atomic E-state index is 0.0107. The Balaban J connectivity index is 1.35. The van der Waals surface area contributed by atoms with Crippen LogP contribution in [0.25, 0.3) is 0 Å². The summed E-state index contributed by atoms with van der Waals surface area (Å²) >= 11 is 1.04. The molecule has 4 fully saturated rings. The van der Waals surface area contributed by atoms with E-state index in [0.29, 0.717) is 23.8 Å². The van der Waals surface area contributed by atoms with Gasteiger partial charge in [-0.3, -0.25) is 14.5 Å². The van der Waals surface area contributed by atoms with Crippen molar-refractivity contribution >= 4 is 46.1 Å². The fourth-order valence-electron chi connectivity index (χ4n) is 5.33. The van der Waals surface area contributed by atoms with Crippen LogP contribution in [-0.4, -0.2) is 85.4 Å². The smallest absolute Gasteiger partial charge is 0.342 e. The number of sulfonamides is 1. The number of piperidine rings is 3. The minimum atomic E-state index is -4.21. The predicted molar refractivity (Wildman–Crippen MR) is 144 cm³/mol. The highest BCUT2D eigenvalue weighted by molar-refractivity contribution is 8.02. The maximum atomic E-state index is 13.4. The molecule has 40 heavy (non-hydrogen) atoms. The van der Waals surface area contributed by atoms with Gasteiger partial charge in [0, 0.05) is 24.4 Å². The van der Waals surface area contributed by atoms with Gasteiger partial charge in [-0.2, -0.15) is 4.31 Å². The number of nitrogens with one attached hydrogen (secondary N) is 1. The zero-order valence-electron chi connectivity index (χ0n) is 21.5. The predicted octanol–water partition coefficient (Wildman–Crippen LogP) is 1.56. The molecule has 6 rings (SSSR count). The van der Waals surface area contributed by atoms with Crippen molar-refractivity contribution < 1.29 is 37.1 Å². The van der Waals surface area contributed by atoms with Gasteiger partial charge in [0.25, 0.3) is 5.91 Å². The summed E-state index contributed by atoms with van der Waals surface area (Å²) in [5.74, 6) is -1.60. The molecule has 4 aliphatic heterocycles. The summed E-state index contributed by atoms with van der Waals surface area (Å²) in [6.45, 7) is 2.64. The number of amides is 1. The SMILES string of the molecule is O=COC(=O)[C@@H]1SCCN1S(=O)(=O)c1cccc(C(=O)NC(C(=O)O[C@H]2CN3CCC2CC3)c2ccccc2)c1. The third-order valence-corrected chi connectivity index (χ3v) is 10.6. The van der Waals surface area contributed by atoms with Crippen molar-refractivity contribution in [3.63, 3.8) is 0 Å². The van der Waals surface area contributed by atoms with Crippen molar-refractivity contribution in [2.24, 2.45) is 5.92 Å². The Bertz CT molecular complexity index is 1380. The Morgan fingerprint density at radius 2 is 1.77 bits per heavy atom. The Labute approximate surface area is 236 Å². The summed E-state index contributed by atoms with van der Waals surface area (Å²) in [6.07, 6.45) is 1.68. The second-order valence-electron chi connectivity index (χ2n) is 9.83. The molecule has 0 spiro atoms. The second-order valence-corrected chi connectivity index (χ2v) is 12.9. The second kappa shape index (κ2) is 12.1. The van der Waals surface area contributed by atoms with Crippen LogP contribution in [0.4, 0.5) is 0 Å². The molecule has 2 aromatic rings. The van der Waals surface area contributed by atoms with Crippen LogP contribution in [0.3, 0.4) is 0 Å². The van der Waals surface area contributed by atoms with Gasteiger partial charge in [-0.05, 0) is 55.6 Å². The topological polar surface area (TPSA) is 139 Å². The van der Waals surface area contributed by atoms with Gasteiger partial charge in [-0.25, -0.2) is 18.0 Å². The molecule has 0 radical (unpaired) electrons. The van der Waals surface area contributed by atoms with E-state index in [1.807, 2.05) is 0 Å². The van der Waals surface area contributed by atoms with Crippen LogP contribution in [0.2, 0.25) is 0 Å². The molecule has 1 N–H and O–H groups in total. The first kappa shape index (κ1) is 28.3. The number of fused-ring (bicyclic) bond motifs is 3. The molecule has 2 aromatic carbocycles. The summed E-state index contributed by atoms with van der Waals surface area (Å²) in [5.41, 5.74) is 0.549. The molecule has 13 heteroatoms. The first-order valence-corrected chi connectivity index (χ1v) is 15.4. The monoisotopic (exact) mass is 587 g/mol. The van der Waals surface area contributed by atoms with Crippen LogP contribution in [0.15, 0.2) is 59.5 Å². The molecule has 0 saturated carbocycles. The number of thioether (sulfide) groups is 1. The van der Waals surface area contributed by atoms with Gasteiger partial charge in [0.15, 0.2) is 11.4 Å². The molecule has 3 atom stereocenters. The molecular formula is C27H29N3O8S2. The zero-order chi connectivity index (χ0) is 28.3. The summed E-state index contributed by atoms with van der Waals surface area (Å²) < 4.78 is 38.0. The molecule has 11 nitrogen and oxygen atoms in total. The summed E-state index contributed by atoms with van der Waals surface area (Å²) in [4.78, 5) is 51.5. The Hall–Kier alpha value is -3.26. The number of benzene rings is 2. The summed E-state index contributed by atoms with van der Waals surface area (Å²) in [6, 6.07) is 13.0. The van der Waals surface area contributed by atoms with E-state index in [0.717, 1.165) is 42.0 Å². The van der Waals surface area contributed by atoms with Crippen LogP contribution < -0.4 is 5.32 Å². The lowest BCUT2D eigenvalue weighted by molar-refractivity contribution is -0.161. The quantitative estimate of drug-likeness (QED) is 0.261. The first-order chi connectivity index (χ1) is 19.3. The van der Waals surface area contributed by atoms with Crippen molar-refractivity contribution in [1.29, 1.82) is 0 Å². The van der Waals surface area contributed by atoms with Gasteiger partial charge in [0.2, 0.25) is 10.0 Å². The zero-order valence-corrected chi connectivity index (χ0v) is 23.1. The normalized spacial score (nSPS) is 25.1. The van der Waals surface area contributed by atoms with E-state index >= 15 is 0 Å². The third kappa shape index (κ3) is 5.92. The van der Waals surface area contributed by atoms with Crippen LogP contribution >= 0.6 is 11.8 Å². The Kier molecular flexibility index (Phi) is 8.54. The van der Waals surface area contributed by atoms with Crippen LogP contribution in [0, 0.1) is 5.92 Å². The van der Waals surface area contributed by atoms with Gasteiger partial charge >= 0.3 is 18.4 Å². The first-order valence-electron chi connectivity index (χ1n) is 12.9. The van der Waals surface area contributed by atoms with E-state index in [2.05, 4.69) is 15.0 Å². The third-order valence-electron chi connectivity index (χ3n) is 7.43. The number of nitrogens with zero attached hydrogens (tertiary/aromatic N) is 2. The highest BCUT2D eigenvalue weighted by atomic mass is 32.2. The van der Waals surface area contributed by atoms with Crippen molar-refractivity contribution in [1.82, 2.24) is 14.5 Å². The van der Waals surface area contributed by atoms with Gasteiger partial charge in [-0.1, -0.05) is 36.4 Å². The maximum Gasteiger partial charge on any atom is 0.342 e. The summed E-state index contributed by atoms with van der Waals surface area (Å²) in [5, 5.41) is 1.51. The van der Waals surface area contributed by atoms with Gasteiger partial charge in [0.05, 0.1) is 4.90 Å². The number of esters is 2. The van der Waals surface area contributed by atoms with Crippen LogP contribution in [0.5, 0.6) is 0 Å². The molecular weight excluding hydrogens is 558 g/mol. The standard InChI is InChI=1S/C27H29N3O8S2/c31-17-37-27(34)25-30(13-14-39-25)40(35,36)21-8-4-7-20(15-21)24(32)28-23(19-5-2-1-3-6-19)26(33)38-22-16-29-11-9-18(22)10-12-29/h1-8,15,17-18,22-23,25H,9-14,16H2,(H,28,32)/t22-,23?,25-/m0/s1. The highest BCUT2D eigenvalue weighted by Gasteiger charge is 2.42. The molecule has 4 heterocycles. The van der Waals surface area contributed by atoms with E-state index in [-0.39, 0.29) is 29.6 Å². The Morgan fingerprint density at radius 1 is 1.02 bits per heavy atom. The van der Waals surface area contributed by atoms with E-state index in [9.17, 15) is 27.6 Å². The summed E-state index contributed by atoms with van der Waals surface area (Å²) in [7, 11) is -4.21. The van der Waals surface area contributed by atoms with Crippen molar-refractivity contribution in [2.75, 3.05) is 31.9 Å². The average Bonchev–Trinajstić information content (AvgIpc) is 3.48. The van der Waals surface area contributed by atoms with E-state index < -0.39 is 39.3 Å². The number of rotatable bonds is 9. The largest absolute Gasteiger partial charge is 0.459 e. The fraction of sp³-hybridized carbons (Fsp3) is 0.407. The number of carbonyl (C=O) groups excluding carboxylic acids is 4. The van der Waals surface area contributed by atoms with E-state index in [4.69, 9.17) is 4.74 Å². The number of ether oxygens (including phenoxy) is 2. The maximum absolute atomic E-state index is 13.4. The van der Waals surface area contributed by atoms with Crippen LogP contribution in [0.1, 0.15) is 34.8 Å². The minimum Gasteiger partial charge on any atom is -0.459 e. The van der Waals surface area contributed by atoms with Gasteiger partial charge in [0.1, 0.15) is 6.10 Å². The Morgan fingerprint density at radius 3 is 2.45 bits per heavy atom. The van der Waals surface area contributed by atoms with E-state index in [1.54, 1.807) is 30.3 Å². The molecule has 212 valence electrons. The fourth-order valence-corrected chi connectivity index (χ4v) is 8.42. The van der Waals surface area contributed by atoms with E-state index in [1.165, 1.54) is 24.3 Å². The molecule has 1 amide bonds. The molecule has 4 aliphatic rings. The highest BCUT2D eigenvalue weighted by Crippen LogP contribution is 2.32. The number of hydrogen-bond donors (Lipinski definition) is 1. The van der Waals surface area contributed by atoms with Gasteiger partial charge in [-0.15, -0.1) is 11.8 Å². The van der Waals surface area contributed by atoms with Crippen molar-refractivity contribution in [3.05, 3.63) is 65.7 Å². The molecule has 2 bridgehead atoms. The van der Waals surface area contributed by atoms with Crippen molar-refractivity contribution in [2.45, 2.75) is 35.3 Å². The lowest BCUT2D eigenvalue weighted by Crippen LogP contribution is -2.52.